The standard InChI is InChI=1S/C11H10ClFN2S/c1-7(11-5-16-6-14-11)15-10-4-8(12)2-3-9(10)13/h2-7,15H,1H3. The summed E-state index contributed by atoms with van der Waals surface area (Å²) in [5.41, 5.74) is 3.04. The molecule has 0 saturated heterocycles. The first-order chi connectivity index (χ1) is 7.66. The summed E-state index contributed by atoms with van der Waals surface area (Å²) >= 11 is 7.32. The Morgan fingerprint density at radius 2 is 2.31 bits per heavy atom. The second kappa shape index (κ2) is 4.80. The van der Waals surface area contributed by atoms with Crippen LogP contribution in [0.25, 0.3) is 0 Å². The van der Waals surface area contributed by atoms with Gasteiger partial charge in [-0.25, -0.2) is 9.37 Å². The molecule has 2 aromatic rings. The molecule has 5 heteroatoms. The highest BCUT2D eigenvalue weighted by Crippen LogP contribution is 2.24. The molecule has 16 heavy (non-hydrogen) atoms. The molecule has 1 N–H and O–H groups in total. The van der Waals surface area contributed by atoms with Crippen LogP contribution in [0.1, 0.15) is 18.7 Å². The van der Waals surface area contributed by atoms with E-state index in [2.05, 4.69) is 10.3 Å². The summed E-state index contributed by atoms with van der Waals surface area (Å²) in [6, 6.07) is 4.40. The molecule has 84 valence electrons. The number of anilines is 1. The van der Waals surface area contributed by atoms with E-state index in [0.29, 0.717) is 10.7 Å². The van der Waals surface area contributed by atoms with Gasteiger partial charge in [0.1, 0.15) is 5.82 Å². The number of thiazole rings is 1. The molecule has 1 atom stereocenters. The molecular formula is C11H10ClFN2S. The molecule has 0 bridgehead atoms. The predicted molar refractivity (Wildman–Crippen MR) is 65.6 cm³/mol. The minimum absolute atomic E-state index is 0.0424. The summed E-state index contributed by atoms with van der Waals surface area (Å²) in [5, 5.41) is 5.48. The highest BCUT2D eigenvalue weighted by atomic mass is 35.5. The average Bonchev–Trinajstić information content (AvgIpc) is 2.76. The molecule has 1 heterocycles. The second-order valence-corrected chi connectivity index (χ2v) is 4.56. The average molecular weight is 257 g/mol. The van der Waals surface area contributed by atoms with Crippen LogP contribution in [0, 0.1) is 5.82 Å². The highest BCUT2D eigenvalue weighted by Gasteiger charge is 2.10. The van der Waals surface area contributed by atoms with E-state index < -0.39 is 0 Å². The molecule has 0 saturated carbocycles. The summed E-state index contributed by atoms with van der Waals surface area (Å²) in [4.78, 5) is 4.16. The van der Waals surface area contributed by atoms with E-state index >= 15 is 0 Å². The van der Waals surface area contributed by atoms with Gasteiger partial charge < -0.3 is 5.32 Å². The lowest BCUT2D eigenvalue weighted by Gasteiger charge is -2.13. The Kier molecular flexibility index (Phi) is 3.41. The maximum atomic E-state index is 13.4. The lowest BCUT2D eigenvalue weighted by atomic mass is 10.2. The Morgan fingerprint density at radius 3 is 3.00 bits per heavy atom. The maximum Gasteiger partial charge on any atom is 0.146 e. The van der Waals surface area contributed by atoms with Gasteiger partial charge in [-0.1, -0.05) is 11.6 Å². The first-order valence-corrected chi connectivity index (χ1v) is 6.08. The monoisotopic (exact) mass is 256 g/mol. The Labute approximate surface area is 102 Å². The van der Waals surface area contributed by atoms with Crippen molar-refractivity contribution in [1.82, 2.24) is 4.98 Å². The lowest BCUT2D eigenvalue weighted by Crippen LogP contribution is -2.08. The number of aromatic nitrogens is 1. The van der Waals surface area contributed by atoms with Crippen molar-refractivity contribution in [3.63, 3.8) is 0 Å². The molecule has 0 aliphatic carbocycles. The minimum atomic E-state index is -0.313. The van der Waals surface area contributed by atoms with Gasteiger partial charge in [-0.05, 0) is 25.1 Å². The van der Waals surface area contributed by atoms with Crippen molar-refractivity contribution in [2.24, 2.45) is 0 Å². The Bertz CT molecular complexity index is 473. The van der Waals surface area contributed by atoms with Crippen LogP contribution in [0.2, 0.25) is 5.02 Å². The SMILES string of the molecule is CC(Nc1cc(Cl)ccc1F)c1cscn1. The van der Waals surface area contributed by atoms with Crippen molar-refractivity contribution in [2.45, 2.75) is 13.0 Å². The molecule has 1 aromatic carbocycles. The van der Waals surface area contributed by atoms with Crippen molar-refractivity contribution >= 4 is 28.6 Å². The summed E-state index contributed by atoms with van der Waals surface area (Å²) in [6.45, 7) is 1.93. The Balaban J connectivity index is 2.17. The van der Waals surface area contributed by atoms with Crippen molar-refractivity contribution in [3.8, 4) is 0 Å². The van der Waals surface area contributed by atoms with E-state index in [1.807, 2.05) is 12.3 Å². The summed E-state index contributed by atoms with van der Waals surface area (Å²) in [7, 11) is 0. The first kappa shape index (κ1) is 11.4. The predicted octanol–water partition coefficient (Wildman–Crippen LogP) is 4.11. The number of nitrogens with one attached hydrogen (secondary N) is 1. The number of halogens is 2. The molecule has 2 rings (SSSR count). The molecular weight excluding hydrogens is 247 g/mol. The van der Waals surface area contributed by atoms with Crippen molar-refractivity contribution in [1.29, 1.82) is 0 Å². The normalized spacial score (nSPS) is 12.4. The van der Waals surface area contributed by atoms with Crippen LogP contribution in [0.4, 0.5) is 10.1 Å². The summed E-state index contributed by atoms with van der Waals surface area (Å²) in [6.07, 6.45) is 0. The third kappa shape index (κ3) is 2.51. The summed E-state index contributed by atoms with van der Waals surface area (Å²) in [5.74, 6) is -0.313. The zero-order valence-electron chi connectivity index (χ0n) is 8.58. The minimum Gasteiger partial charge on any atom is -0.375 e. The quantitative estimate of drug-likeness (QED) is 0.894. The fourth-order valence-corrected chi connectivity index (χ4v) is 2.17. The molecule has 0 aliphatic heterocycles. The van der Waals surface area contributed by atoms with E-state index in [1.165, 1.54) is 23.5 Å². The zero-order valence-corrected chi connectivity index (χ0v) is 10.1. The van der Waals surface area contributed by atoms with Crippen LogP contribution in [0.15, 0.2) is 29.1 Å². The van der Waals surface area contributed by atoms with Crippen LogP contribution < -0.4 is 5.32 Å². The number of nitrogens with zero attached hydrogens (tertiary/aromatic N) is 1. The van der Waals surface area contributed by atoms with E-state index in [0.717, 1.165) is 5.69 Å². The molecule has 0 radical (unpaired) electrons. The zero-order chi connectivity index (χ0) is 11.5. The van der Waals surface area contributed by atoms with Crippen molar-refractivity contribution in [2.75, 3.05) is 5.32 Å². The smallest absolute Gasteiger partial charge is 0.146 e. The number of benzene rings is 1. The molecule has 1 aromatic heterocycles. The van der Waals surface area contributed by atoms with Gasteiger partial charge in [0, 0.05) is 10.4 Å². The second-order valence-electron chi connectivity index (χ2n) is 3.40. The lowest BCUT2D eigenvalue weighted by molar-refractivity contribution is 0.627. The number of hydrogen-bond donors (Lipinski definition) is 1. The van der Waals surface area contributed by atoms with Gasteiger partial charge in [0.25, 0.3) is 0 Å². The van der Waals surface area contributed by atoms with Gasteiger partial charge in [0.2, 0.25) is 0 Å². The van der Waals surface area contributed by atoms with Gasteiger partial charge >= 0.3 is 0 Å². The van der Waals surface area contributed by atoms with E-state index in [9.17, 15) is 4.39 Å². The fourth-order valence-electron chi connectivity index (χ4n) is 1.35. The van der Waals surface area contributed by atoms with Gasteiger partial charge in [-0.15, -0.1) is 11.3 Å². The van der Waals surface area contributed by atoms with Crippen LogP contribution in [0.5, 0.6) is 0 Å². The largest absolute Gasteiger partial charge is 0.375 e. The van der Waals surface area contributed by atoms with Crippen molar-refractivity contribution in [3.05, 3.63) is 45.6 Å². The number of rotatable bonds is 3. The van der Waals surface area contributed by atoms with Crippen LogP contribution >= 0.6 is 22.9 Å². The van der Waals surface area contributed by atoms with Crippen molar-refractivity contribution < 1.29 is 4.39 Å². The van der Waals surface area contributed by atoms with Gasteiger partial charge in [0.15, 0.2) is 0 Å². The number of hydrogen-bond acceptors (Lipinski definition) is 3. The molecule has 0 fully saturated rings. The van der Waals surface area contributed by atoms with Gasteiger partial charge in [-0.2, -0.15) is 0 Å². The third-order valence-electron chi connectivity index (χ3n) is 2.20. The first-order valence-electron chi connectivity index (χ1n) is 4.76. The van der Waals surface area contributed by atoms with Crippen LogP contribution in [-0.2, 0) is 0 Å². The Hall–Kier alpha value is -1.13. The molecule has 0 spiro atoms. The van der Waals surface area contributed by atoms with Gasteiger partial charge in [0.05, 0.1) is 22.9 Å². The molecule has 0 amide bonds. The van der Waals surface area contributed by atoms with E-state index in [4.69, 9.17) is 11.6 Å². The third-order valence-corrected chi connectivity index (χ3v) is 3.04. The molecule has 1 unspecified atom stereocenters. The molecule has 0 aliphatic rings. The molecule has 2 nitrogen and oxygen atoms in total. The fraction of sp³-hybridized carbons (Fsp3) is 0.182. The summed E-state index contributed by atoms with van der Waals surface area (Å²) < 4.78 is 13.4. The van der Waals surface area contributed by atoms with Gasteiger partial charge in [-0.3, -0.25) is 0 Å². The Morgan fingerprint density at radius 1 is 1.50 bits per heavy atom. The maximum absolute atomic E-state index is 13.4. The topological polar surface area (TPSA) is 24.9 Å². The van der Waals surface area contributed by atoms with E-state index in [1.54, 1.807) is 11.6 Å². The van der Waals surface area contributed by atoms with E-state index in [-0.39, 0.29) is 11.9 Å². The van der Waals surface area contributed by atoms with Crippen LogP contribution in [0.3, 0.4) is 0 Å². The van der Waals surface area contributed by atoms with Crippen LogP contribution in [-0.4, -0.2) is 4.98 Å². The highest BCUT2D eigenvalue weighted by molar-refractivity contribution is 7.07.